The van der Waals surface area contributed by atoms with Crippen molar-refractivity contribution < 1.29 is 13.6 Å². The number of hydrogen-bond acceptors (Lipinski definition) is 3. The molecule has 1 aromatic rings. The molecule has 1 unspecified atom stereocenters. The molecule has 1 aliphatic rings. The Morgan fingerprint density at radius 1 is 1.40 bits per heavy atom. The van der Waals surface area contributed by atoms with E-state index in [1.807, 2.05) is 0 Å². The number of nitrogens with zero attached hydrogens (tertiary/aromatic N) is 1. The lowest BCUT2D eigenvalue weighted by Gasteiger charge is -2.21. The lowest BCUT2D eigenvalue weighted by Crippen LogP contribution is -2.31. The Kier molecular flexibility index (Phi) is 4.23. The third-order valence-corrected chi connectivity index (χ3v) is 3.63. The van der Waals surface area contributed by atoms with Crippen LogP contribution in [0.25, 0.3) is 0 Å². The van der Waals surface area contributed by atoms with E-state index in [1.54, 1.807) is 0 Å². The van der Waals surface area contributed by atoms with Crippen molar-refractivity contribution in [2.75, 3.05) is 18.4 Å². The fraction of sp³-hybridized carbons (Fsp3) is 0.500. The van der Waals surface area contributed by atoms with Crippen LogP contribution in [-0.2, 0) is 0 Å². The predicted molar refractivity (Wildman–Crippen MR) is 73.6 cm³/mol. The minimum Gasteiger partial charge on any atom is -0.379 e. The summed E-state index contributed by atoms with van der Waals surface area (Å²) in [6.45, 7) is 5.93. The van der Waals surface area contributed by atoms with Crippen molar-refractivity contribution in [2.24, 2.45) is 5.73 Å². The van der Waals surface area contributed by atoms with E-state index < -0.39 is 17.5 Å². The molecule has 1 amide bonds. The van der Waals surface area contributed by atoms with Crippen LogP contribution in [0.4, 0.5) is 14.5 Å². The molecule has 3 N–H and O–H groups in total. The highest BCUT2D eigenvalue weighted by Crippen LogP contribution is 2.23. The zero-order valence-corrected chi connectivity index (χ0v) is 11.6. The summed E-state index contributed by atoms with van der Waals surface area (Å²) < 4.78 is 27.1. The van der Waals surface area contributed by atoms with Crippen molar-refractivity contribution in [3.8, 4) is 0 Å². The molecule has 1 saturated heterocycles. The molecule has 0 bridgehead atoms. The van der Waals surface area contributed by atoms with E-state index in [-0.39, 0.29) is 17.3 Å². The lowest BCUT2D eigenvalue weighted by atomic mass is 10.1. The number of anilines is 1. The molecular weight excluding hydrogens is 264 g/mol. The van der Waals surface area contributed by atoms with Crippen LogP contribution >= 0.6 is 0 Å². The Hall–Kier alpha value is -1.69. The first-order chi connectivity index (χ1) is 9.38. The molecule has 0 aliphatic carbocycles. The van der Waals surface area contributed by atoms with Crippen molar-refractivity contribution in [3.63, 3.8) is 0 Å². The number of rotatable bonds is 4. The van der Waals surface area contributed by atoms with E-state index in [0.717, 1.165) is 25.6 Å². The first-order valence-corrected chi connectivity index (χ1v) is 6.68. The second kappa shape index (κ2) is 5.75. The summed E-state index contributed by atoms with van der Waals surface area (Å²) in [6, 6.07) is 2.35. The monoisotopic (exact) mass is 283 g/mol. The topological polar surface area (TPSA) is 58.4 Å². The highest BCUT2D eigenvalue weighted by atomic mass is 19.1. The van der Waals surface area contributed by atoms with Gasteiger partial charge in [-0.25, -0.2) is 8.78 Å². The fourth-order valence-electron chi connectivity index (χ4n) is 2.44. The van der Waals surface area contributed by atoms with Crippen molar-refractivity contribution in [2.45, 2.75) is 32.4 Å². The number of carbonyl (C=O) groups is 1. The average molecular weight is 283 g/mol. The summed E-state index contributed by atoms with van der Waals surface area (Å²) in [6.07, 6.45) is 0.876. The van der Waals surface area contributed by atoms with Crippen LogP contribution in [0.1, 0.15) is 30.6 Å². The molecule has 0 aromatic heterocycles. The van der Waals surface area contributed by atoms with Gasteiger partial charge in [-0.05, 0) is 26.3 Å². The quantitative estimate of drug-likeness (QED) is 0.888. The molecule has 6 heteroatoms. The molecule has 1 heterocycles. The zero-order valence-electron chi connectivity index (χ0n) is 11.6. The molecule has 1 aliphatic heterocycles. The molecule has 110 valence electrons. The van der Waals surface area contributed by atoms with Crippen LogP contribution < -0.4 is 11.1 Å². The second-order valence-electron chi connectivity index (χ2n) is 5.39. The molecule has 0 spiro atoms. The normalized spacial score (nSPS) is 19.6. The largest absolute Gasteiger partial charge is 0.379 e. The zero-order chi connectivity index (χ0) is 14.9. The number of nitrogens with two attached hydrogens (primary N) is 1. The van der Waals surface area contributed by atoms with Crippen molar-refractivity contribution in [1.29, 1.82) is 0 Å². The molecule has 1 atom stereocenters. The minimum atomic E-state index is -0.934. The number of hydrogen-bond donors (Lipinski definition) is 2. The van der Waals surface area contributed by atoms with Gasteiger partial charge in [0.2, 0.25) is 0 Å². The van der Waals surface area contributed by atoms with Crippen molar-refractivity contribution in [1.82, 2.24) is 4.90 Å². The smallest absolute Gasteiger partial charge is 0.251 e. The van der Waals surface area contributed by atoms with Crippen molar-refractivity contribution >= 4 is 11.6 Å². The van der Waals surface area contributed by atoms with Gasteiger partial charge in [0.1, 0.15) is 11.6 Å². The molecule has 2 rings (SSSR count). The number of nitrogens with one attached hydrogen (secondary N) is 1. The first kappa shape index (κ1) is 14.7. The van der Waals surface area contributed by atoms with Crippen molar-refractivity contribution in [3.05, 3.63) is 29.3 Å². The minimum absolute atomic E-state index is 0.0816. The van der Waals surface area contributed by atoms with Gasteiger partial charge in [-0.15, -0.1) is 0 Å². The molecule has 4 nitrogen and oxygen atoms in total. The van der Waals surface area contributed by atoms with E-state index in [4.69, 9.17) is 5.73 Å². The second-order valence-corrected chi connectivity index (χ2v) is 5.39. The average Bonchev–Trinajstić information content (AvgIpc) is 2.80. The van der Waals surface area contributed by atoms with Gasteiger partial charge < -0.3 is 11.1 Å². The molecule has 0 saturated carbocycles. The van der Waals surface area contributed by atoms with Gasteiger partial charge in [0.15, 0.2) is 0 Å². The Morgan fingerprint density at radius 3 is 2.65 bits per heavy atom. The fourth-order valence-corrected chi connectivity index (χ4v) is 2.44. The van der Waals surface area contributed by atoms with Gasteiger partial charge in [0, 0.05) is 31.2 Å². The molecule has 1 aromatic carbocycles. The predicted octanol–water partition coefficient (Wildman–Crippen LogP) is 1.96. The maximum atomic E-state index is 13.7. The van der Waals surface area contributed by atoms with Gasteiger partial charge in [-0.1, -0.05) is 0 Å². The molecule has 20 heavy (non-hydrogen) atoms. The lowest BCUT2D eigenvalue weighted by molar-refractivity contribution is 0.0996. The maximum absolute atomic E-state index is 13.7. The van der Waals surface area contributed by atoms with E-state index in [1.165, 1.54) is 0 Å². The molecular formula is C14H19F2N3O. The highest BCUT2D eigenvalue weighted by Gasteiger charge is 2.25. The van der Waals surface area contributed by atoms with E-state index >= 15 is 0 Å². The summed E-state index contributed by atoms with van der Waals surface area (Å²) in [5, 5.41) is 3.03. The Morgan fingerprint density at radius 2 is 2.10 bits per heavy atom. The van der Waals surface area contributed by atoms with E-state index in [0.29, 0.717) is 12.1 Å². The Labute approximate surface area is 116 Å². The Bertz CT molecular complexity index is 519. The van der Waals surface area contributed by atoms with Crippen LogP contribution in [0.3, 0.4) is 0 Å². The number of benzene rings is 1. The number of likely N-dealkylation sites (tertiary alicyclic amines) is 1. The number of amides is 1. The maximum Gasteiger partial charge on any atom is 0.251 e. The van der Waals surface area contributed by atoms with Gasteiger partial charge in [-0.3, -0.25) is 9.69 Å². The van der Waals surface area contributed by atoms with Gasteiger partial charge in [0.25, 0.3) is 5.91 Å². The SMILES string of the molecule is CC(C)N1CCC(Nc2cc(C(N)=O)c(F)cc2F)C1. The van der Waals surface area contributed by atoms with Gasteiger partial charge in [-0.2, -0.15) is 0 Å². The summed E-state index contributed by atoms with van der Waals surface area (Å²) in [4.78, 5) is 13.4. The van der Waals surface area contributed by atoms with E-state index in [2.05, 4.69) is 24.1 Å². The third-order valence-electron chi connectivity index (χ3n) is 3.63. The summed E-state index contributed by atoms with van der Waals surface area (Å²) in [7, 11) is 0. The van der Waals surface area contributed by atoms with Crippen LogP contribution in [0.15, 0.2) is 12.1 Å². The van der Waals surface area contributed by atoms with Crippen LogP contribution in [0.5, 0.6) is 0 Å². The van der Waals surface area contributed by atoms with Crippen LogP contribution in [0.2, 0.25) is 0 Å². The number of carbonyl (C=O) groups excluding carboxylic acids is 1. The Balaban J connectivity index is 2.14. The van der Waals surface area contributed by atoms with Gasteiger partial charge in [0.05, 0.1) is 11.3 Å². The summed E-state index contributed by atoms with van der Waals surface area (Å²) >= 11 is 0. The first-order valence-electron chi connectivity index (χ1n) is 6.68. The number of primary amides is 1. The van der Waals surface area contributed by atoms with E-state index in [9.17, 15) is 13.6 Å². The standard InChI is InChI=1S/C14H19F2N3O/c1-8(2)19-4-3-9(7-19)18-13-5-10(14(17)20)11(15)6-12(13)16/h5-6,8-9,18H,3-4,7H2,1-2H3,(H2,17,20). The third kappa shape index (κ3) is 3.07. The summed E-state index contributed by atoms with van der Waals surface area (Å²) in [5.74, 6) is -2.55. The van der Waals surface area contributed by atoms with Gasteiger partial charge >= 0.3 is 0 Å². The van der Waals surface area contributed by atoms with Crippen LogP contribution in [-0.4, -0.2) is 36.0 Å². The number of halogens is 2. The molecule has 1 fully saturated rings. The molecule has 0 radical (unpaired) electrons. The summed E-state index contributed by atoms with van der Waals surface area (Å²) in [5.41, 5.74) is 4.89. The van der Waals surface area contributed by atoms with Crippen LogP contribution in [0, 0.1) is 11.6 Å². The highest BCUT2D eigenvalue weighted by molar-refractivity contribution is 5.94.